The lowest BCUT2D eigenvalue weighted by molar-refractivity contribution is -0.0182. The predicted octanol–water partition coefficient (Wildman–Crippen LogP) is 4.86. The van der Waals surface area contributed by atoms with Crippen molar-refractivity contribution in [1.82, 2.24) is 0 Å². The largest absolute Gasteiger partial charge is 0.401 e. The topological polar surface area (TPSA) is 9.23 Å². The summed E-state index contributed by atoms with van der Waals surface area (Å²) in [5.41, 5.74) is -0.343. The number of allylic oxidation sites excluding steroid dienone is 1. The van der Waals surface area contributed by atoms with Crippen molar-refractivity contribution in [3.8, 4) is 12.3 Å². The molecule has 3 atom stereocenters. The highest BCUT2D eigenvalue weighted by atomic mass is 28.4. The molecule has 19 heavy (non-hydrogen) atoms. The van der Waals surface area contributed by atoms with E-state index >= 15 is 0 Å². The molecule has 0 saturated heterocycles. The maximum Gasteiger partial charge on any atom is 0.192 e. The predicted molar refractivity (Wildman–Crippen MR) is 86.5 cm³/mol. The highest BCUT2D eigenvalue weighted by Crippen LogP contribution is 2.44. The van der Waals surface area contributed by atoms with Crippen molar-refractivity contribution >= 4 is 8.32 Å². The van der Waals surface area contributed by atoms with E-state index in [-0.39, 0.29) is 5.60 Å². The zero-order valence-electron chi connectivity index (χ0n) is 13.3. The molecule has 1 aliphatic carbocycles. The van der Waals surface area contributed by atoms with Gasteiger partial charge in [0.15, 0.2) is 8.32 Å². The molecule has 1 nitrogen and oxygen atoms in total. The number of hydrogen-bond acceptors (Lipinski definition) is 1. The fourth-order valence-corrected chi connectivity index (χ4v) is 5.59. The quantitative estimate of drug-likeness (QED) is 0.396. The van der Waals surface area contributed by atoms with E-state index in [4.69, 9.17) is 10.8 Å². The first kappa shape index (κ1) is 16.5. The van der Waals surface area contributed by atoms with Crippen molar-refractivity contribution in [1.29, 1.82) is 0 Å². The van der Waals surface area contributed by atoms with Crippen LogP contribution >= 0.6 is 0 Å². The monoisotopic (exact) mass is 278 g/mol. The van der Waals surface area contributed by atoms with Crippen LogP contribution in [0, 0.1) is 30.1 Å². The summed E-state index contributed by atoms with van der Waals surface area (Å²) in [6.07, 6.45) is 11.4. The summed E-state index contributed by atoms with van der Waals surface area (Å²) in [5.74, 6) is 4.81. The van der Waals surface area contributed by atoms with Gasteiger partial charge in [0.05, 0.1) is 0 Å². The minimum absolute atomic E-state index is 0.343. The molecule has 0 spiro atoms. The van der Waals surface area contributed by atoms with Gasteiger partial charge in [-0.05, 0) is 43.8 Å². The fraction of sp³-hybridized carbons (Fsp3) is 0.765. The van der Waals surface area contributed by atoms with Gasteiger partial charge < -0.3 is 4.43 Å². The Morgan fingerprint density at radius 1 is 1.47 bits per heavy atom. The van der Waals surface area contributed by atoms with Crippen LogP contribution < -0.4 is 0 Å². The Labute approximate surface area is 120 Å². The summed E-state index contributed by atoms with van der Waals surface area (Å²) >= 11 is 0. The SMILES string of the molecule is C#CC1(O[Si](C)(C)CC=C)C[C@H](C)CC[C@H]1C(C)C. The van der Waals surface area contributed by atoms with Gasteiger partial charge in [0.2, 0.25) is 0 Å². The van der Waals surface area contributed by atoms with Crippen LogP contribution in [0.2, 0.25) is 19.1 Å². The van der Waals surface area contributed by atoms with Crippen LogP contribution in [-0.4, -0.2) is 13.9 Å². The van der Waals surface area contributed by atoms with Gasteiger partial charge in [0.25, 0.3) is 0 Å². The molecule has 0 aromatic rings. The van der Waals surface area contributed by atoms with Crippen molar-refractivity contribution in [2.75, 3.05) is 0 Å². The van der Waals surface area contributed by atoms with Crippen LogP contribution in [0.25, 0.3) is 0 Å². The molecule has 1 aliphatic rings. The normalized spacial score (nSPS) is 32.1. The lowest BCUT2D eigenvalue weighted by Crippen LogP contribution is -2.52. The lowest BCUT2D eigenvalue weighted by atomic mass is 9.67. The van der Waals surface area contributed by atoms with E-state index in [2.05, 4.69) is 46.4 Å². The molecule has 0 aromatic carbocycles. The second-order valence-corrected chi connectivity index (χ2v) is 11.3. The van der Waals surface area contributed by atoms with E-state index in [1.807, 2.05) is 6.08 Å². The Balaban J connectivity index is 3.03. The second-order valence-electron chi connectivity index (χ2n) is 7.13. The molecule has 0 N–H and O–H groups in total. The molecule has 0 aliphatic heterocycles. The van der Waals surface area contributed by atoms with E-state index < -0.39 is 8.32 Å². The van der Waals surface area contributed by atoms with Crippen LogP contribution in [-0.2, 0) is 4.43 Å². The summed E-state index contributed by atoms with van der Waals surface area (Å²) in [7, 11) is -1.76. The molecule has 0 heterocycles. The average molecular weight is 279 g/mol. The van der Waals surface area contributed by atoms with E-state index in [0.29, 0.717) is 17.8 Å². The minimum atomic E-state index is -1.76. The van der Waals surface area contributed by atoms with Crippen molar-refractivity contribution in [2.24, 2.45) is 17.8 Å². The maximum absolute atomic E-state index is 6.63. The molecule has 1 rings (SSSR count). The summed E-state index contributed by atoms with van der Waals surface area (Å²) < 4.78 is 6.63. The Morgan fingerprint density at radius 3 is 2.58 bits per heavy atom. The molecule has 0 radical (unpaired) electrons. The molecule has 1 unspecified atom stereocenters. The highest BCUT2D eigenvalue weighted by molar-refractivity contribution is 6.71. The number of terminal acetylenes is 1. The second kappa shape index (κ2) is 6.28. The van der Waals surface area contributed by atoms with Crippen LogP contribution in [0.4, 0.5) is 0 Å². The summed E-state index contributed by atoms with van der Waals surface area (Å²) in [6.45, 7) is 15.2. The third kappa shape index (κ3) is 3.97. The zero-order valence-corrected chi connectivity index (χ0v) is 14.3. The molecule has 0 bridgehead atoms. The van der Waals surface area contributed by atoms with E-state index in [1.165, 1.54) is 12.8 Å². The average Bonchev–Trinajstić information content (AvgIpc) is 2.27. The Bertz CT molecular complexity index is 353. The Morgan fingerprint density at radius 2 is 2.11 bits per heavy atom. The van der Waals surface area contributed by atoms with Crippen LogP contribution in [0.15, 0.2) is 12.7 Å². The third-order valence-corrected chi connectivity index (χ3v) is 6.55. The van der Waals surface area contributed by atoms with Crippen molar-refractivity contribution in [3.63, 3.8) is 0 Å². The summed E-state index contributed by atoms with van der Waals surface area (Å²) in [6, 6.07) is 0.968. The van der Waals surface area contributed by atoms with E-state index in [9.17, 15) is 0 Å². The lowest BCUT2D eigenvalue weighted by Gasteiger charge is -2.48. The Kier molecular flexibility index (Phi) is 5.47. The van der Waals surface area contributed by atoms with Crippen LogP contribution in [0.1, 0.15) is 40.0 Å². The summed E-state index contributed by atoms with van der Waals surface area (Å²) in [5, 5.41) is 0. The zero-order chi connectivity index (χ0) is 14.7. The first-order chi connectivity index (χ1) is 8.76. The standard InChI is InChI=1S/C17H30OSi/c1-8-12-19(6,7)18-17(9-2)13-15(5)10-11-16(17)14(3)4/h2,8,14-16H,1,10-13H2,3-7H3/t15-,16+,17?/m1/s1. The van der Waals surface area contributed by atoms with Gasteiger partial charge in [-0.3, -0.25) is 0 Å². The van der Waals surface area contributed by atoms with Crippen molar-refractivity contribution < 1.29 is 4.43 Å². The van der Waals surface area contributed by atoms with Crippen LogP contribution in [0.5, 0.6) is 0 Å². The van der Waals surface area contributed by atoms with E-state index in [1.54, 1.807) is 0 Å². The van der Waals surface area contributed by atoms with Gasteiger partial charge >= 0.3 is 0 Å². The highest BCUT2D eigenvalue weighted by Gasteiger charge is 2.47. The molecule has 0 aromatic heterocycles. The van der Waals surface area contributed by atoms with Gasteiger partial charge in [-0.2, -0.15) is 0 Å². The third-order valence-electron chi connectivity index (χ3n) is 4.36. The van der Waals surface area contributed by atoms with Gasteiger partial charge in [-0.1, -0.05) is 39.2 Å². The Hall–Kier alpha value is -0.523. The maximum atomic E-state index is 6.63. The van der Waals surface area contributed by atoms with Gasteiger partial charge in [-0.25, -0.2) is 0 Å². The van der Waals surface area contributed by atoms with Crippen molar-refractivity contribution in [3.05, 3.63) is 12.7 Å². The van der Waals surface area contributed by atoms with Gasteiger partial charge in [0.1, 0.15) is 5.60 Å². The van der Waals surface area contributed by atoms with Gasteiger partial charge in [-0.15, -0.1) is 13.0 Å². The molecule has 1 fully saturated rings. The summed E-state index contributed by atoms with van der Waals surface area (Å²) in [4.78, 5) is 0. The number of rotatable bonds is 5. The number of hydrogen-bond donors (Lipinski definition) is 0. The fourth-order valence-electron chi connectivity index (χ4n) is 3.54. The smallest absolute Gasteiger partial charge is 0.192 e. The molecular weight excluding hydrogens is 248 g/mol. The minimum Gasteiger partial charge on any atom is -0.401 e. The molecule has 0 amide bonds. The first-order valence-corrected chi connectivity index (χ1v) is 10.7. The van der Waals surface area contributed by atoms with Crippen molar-refractivity contribution in [2.45, 2.75) is 64.8 Å². The van der Waals surface area contributed by atoms with E-state index in [0.717, 1.165) is 12.5 Å². The molecule has 108 valence electrons. The first-order valence-electron chi connectivity index (χ1n) is 7.55. The molecule has 1 saturated carbocycles. The molecular formula is C17H30OSi. The van der Waals surface area contributed by atoms with Gasteiger partial charge in [0, 0.05) is 5.92 Å². The molecule has 2 heteroatoms. The van der Waals surface area contributed by atoms with Crippen LogP contribution in [0.3, 0.4) is 0 Å².